The number of fused-ring (bicyclic) bond motifs is 1. The third-order valence-electron chi connectivity index (χ3n) is 4.45. The molecule has 1 N–H and O–H groups in total. The number of hydrogen-bond donors (Lipinski definition) is 1. The van der Waals surface area contributed by atoms with Crippen molar-refractivity contribution in [3.8, 4) is 0 Å². The molecule has 1 amide bonds. The van der Waals surface area contributed by atoms with Crippen LogP contribution >= 0.6 is 0 Å². The fraction of sp³-hybridized carbons (Fsp3) is 0.625. The monoisotopic (exact) mass is 289 g/mol. The molecule has 5 heteroatoms. The normalized spacial score (nSPS) is 29.1. The standard InChI is InChI=1S/C16H23N3O2/c1-19-9-6-12-10-14(21-15(12)11-19)16(20)18-8-5-13-4-2-3-7-17-13/h2-4,7,12,14-15H,5-6,8-11H2,1H3,(H,18,20)/t12-,14-,15-/m0/s1. The predicted octanol–water partition coefficient (Wildman–Crippen LogP) is 0.849. The van der Waals surface area contributed by atoms with Gasteiger partial charge in [-0.25, -0.2) is 0 Å². The molecule has 21 heavy (non-hydrogen) atoms. The lowest BCUT2D eigenvalue weighted by molar-refractivity contribution is -0.132. The van der Waals surface area contributed by atoms with E-state index in [0.29, 0.717) is 12.5 Å². The number of aromatic nitrogens is 1. The Bertz CT molecular complexity index is 480. The summed E-state index contributed by atoms with van der Waals surface area (Å²) in [6.45, 7) is 2.67. The van der Waals surface area contributed by atoms with Crippen molar-refractivity contribution in [1.82, 2.24) is 15.2 Å². The minimum atomic E-state index is -0.268. The molecule has 3 atom stereocenters. The highest BCUT2D eigenvalue weighted by atomic mass is 16.5. The number of likely N-dealkylation sites (tertiary alicyclic amines) is 1. The van der Waals surface area contributed by atoms with E-state index in [1.165, 1.54) is 0 Å². The van der Waals surface area contributed by atoms with E-state index in [1.54, 1.807) is 6.20 Å². The van der Waals surface area contributed by atoms with Crippen LogP contribution in [0.25, 0.3) is 0 Å². The molecule has 0 unspecified atom stereocenters. The summed E-state index contributed by atoms with van der Waals surface area (Å²) in [6.07, 6.45) is 4.51. The Kier molecular flexibility index (Phi) is 4.51. The van der Waals surface area contributed by atoms with Crippen molar-refractivity contribution >= 4 is 5.91 Å². The van der Waals surface area contributed by atoms with Crippen molar-refractivity contribution in [2.24, 2.45) is 5.92 Å². The third-order valence-corrected chi connectivity index (χ3v) is 4.45. The van der Waals surface area contributed by atoms with E-state index in [1.807, 2.05) is 18.2 Å². The van der Waals surface area contributed by atoms with Crippen molar-refractivity contribution in [1.29, 1.82) is 0 Å². The molecule has 2 fully saturated rings. The lowest BCUT2D eigenvalue weighted by Crippen LogP contribution is -2.40. The second-order valence-corrected chi connectivity index (χ2v) is 6.07. The Labute approximate surface area is 125 Å². The summed E-state index contributed by atoms with van der Waals surface area (Å²) in [7, 11) is 2.11. The summed E-state index contributed by atoms with van der Waals surface area (Å²) in [5.41, 5.74) is 1.00. The number of carbonyl (C=O) groups excluding carboxylic acids is 1. The lowest BCUT2D eigenvalue weighted by atomic mass is 9.92. The molecule has 2 saturated heterocycles. The van der Waals surface area contributed by atoms with Crippen LogP contribution in [-0.2, 0) is 16.0 Å². The maximum atomic E-state index is 12.2. The minimum Gasteiger partial charge on any atom is -0.364 e. The smallest absolute Gasteiger partial charge is 0.249 e. The highest BCUT2D eigenvalue weighted by Gasteiger charge is 2.40. The van der Waals surface area contributed by atoms with E-state index in [-0.39, 0.29) is 18.1 Å². The van der Waals surface area contributed by atoms with Gasteiger partial charge < -0.3 is 15.0 Å². The average molecular weight is 289 g/mol. The predicted molar refractivity (Wildman–Crippen MR) is 79.8 cm³/mol. The molecular formula is C16H23N3O2. The maximum absolute atomic E-state index is 12.2. The van der Waals surface area contributed by atoms with E-state index in [4.69, 9.17) is 4.74 Å². The molecule has 0 aromatic carbocycles. The summed E-state index contributed by atoms with van der Waals surface area (Å²) < 4.78 is 5.93. The number of pyridine rings is 1. The molecule has 5 nitrogen and oxygen atoms in total. The molecule has 0 radical (unpaired) electrons. The van der Waals surface area contributed by atoms with E-state index in [0.717, 1.165) is 38.0 Å². The molecular weight excluding hydrogens is 266 g/mol. The van der Waals surface area contributed by atoms with Gasteiger partial charge in [0.05, 0.1) is 6.10 Å². The van der Waals surface area contributed by atoms with Crippen molar-refractivity contribution in [3.05, 3.63) is 30.1 Å². The van der Waals surface area contributed by atoms with E-state index < -0.39 is 0 Å². The Morgan fingerprint density at radius 3 is 3.24 bits per heavy atom. The molecule has 0 bridgehead atoms. The Hall–Kier alpha value is -1.46. The van der Waals surface area contributed by atoms with Crippen molar-refractivity contribution < 1.29 is 9.53 Å². The number of amides is 1. The highest BCUT2D eigenvalue weighted by molar-refractivity contribution is 5.81. The fourth-order valence-corrected chi connectivity index (χ4v) is 3.23. The second-order valence-electron chi connectivity index (χ2n) is 6.07. The van der Waals surface area contributed by atoms with E-state index in [2.05, 4.69) is 22.2 Å². The zero-order valence-electron chi connectivity index (χ0n) is 12.5. The summed E-state index contributed by atoms with van der Waals surface area (Å²) in [4.78, 5) is 18.7. The van der Waals surface area contributed by atoms with Gasteiger partial charge in [0, 0.05) is 31.4 Å². The van der Waals surface area contributed by atoms with Crippen LogP contribution in [-0.4, -0.2) is 54.7 Å². The topological polar surface area (TPSA) is 54.5 Å². The van der Waals surface area contributed by atoms with Gasteiger partial charge in [-0.2, -0.15) is 0 Å². The number of nitrogens with zero attached hydrogens (tertiary/aromatic N) is 2. The summed E-state index contributed by atoms with van der Waals surface area (Å²) in [5.74, 6) is 0.579. The number of nitrogens with one attached hydrogen (secondary N) is 1. The third kappa shape index (κ3) is 3.60. The van der Waals surface area contributed by atoms with E-state index in [9.17, 15) is 4.79 Å². The van der Waals surface area contributed by atoms with Crippen LogP contribution < -0.4 is 5.32 Å². The van der Waals surface area contributed by atoms with Crippen molar-refractivity contribution in [3.63, 3.8) is 0 Å². The first kappa shape index (κ1) is 14.5. The Morgan fingerprint density at radius 1 is 1.52 bits per heavy atom. The maximum Gasteiger partial charge on any atom is 0.249 e. The molecule has 3 heterocycles. The Balaban J connectivity index is 1.44. The van der Waals surface area contributed by atoms with Gasteiger partial charge >= 0.3 is 0 Å². The molecule has 1 aromatic heterocycles. The molecule has 0 aliphatic carbocycles. The highest BCUT2D eigenvalue weighted by Crippen LogP contribution is 2.32. The van der Waals surface area contributed by atoms with Crippen LogP contribution in [0, 0.1) is 5.92 Å². The first-order chi connectivity index (χ1) is 10.2. The number of piperidine rings is 1. The molecule has 0 saturated carbocycles. The van der Waals surface area contributed by atoms with Gasteiger partial charge in [0.2, 0.25) is 5.91 Å². The van der Waals surface area contributed by atoms with Gasteiger partial charge in [0.1, 0.15) is 6.10 Å². The summed E-state index contributed by atoms with van der Waals surface area (Å²) >= 11 is 0. The first-order valence-corrected chi connectivity index (χ1v) is 7.74. The number of rotatable bonds is 4. The van der Waals surface area contributed by atoms with Crippen molar-refractivity contribution in [2.45, 2.75) is 31.5 Å². The molecule has 0 spiro atoms. The minimum absolute atomic E-state index is 0.0305. The van der Waals surface area contributed by atoms with Gasteiger partial charge in [-0.15, -0.1) is 0 Å². The number of ether oxygens (including phenoxy) is 1. The van der Waals surface area contributed by atoms with Gasteiger partial charge in [-0.05, 0) is 44.5 Å². The number of hydrogen-bond acceptors (Lipinski definition) is 4. The van der Waals surface area contributed by atoms with Crippen LogP contribution in [0.2, 0.25) is 0 Å². The summed E-state index contributed by atoms with van der Waals surface area (Å²) in [6, 6.07) is 5.83. The molecule has 2 aliphatic rings. The molecule has 2 aliphatic heterocycles. The first-order valence-electron chi connectivity index (χ1n) is 7.74. The quantitative estimate of drug-likeness (QED) is 0.893. The molecule has 3 rings (SSSR count). The van der Waals surface area contributed by atoms with Gasteiger partial charge in [0.25, 0.3) is 0 Å². The zero-order valence-corrected chi connectivity index (χ0v) is 12.5. The largest absolute Gasteiger partial charge is 0.364 e. The average Bonchev–Trinajstić information content (AvgIpc) is 2.91. The van der Waals surface area contributed by atoms with Crippen LogP contribution in [0.3, 0.4) is 0 Å². The number of carbonyl (C=O) groups is 1. The van der Waals surface area contributed by atoms with Crippen LogP contribution in [0.1, 0.15) is 18.5 Å². The van der Waals surface area contributed by atoms with Crippen LogP contribution in [0.5, 0.6) is 0 Å². The van der Waals surface area contributed by atoms with Gasteiger partial charge in [-0.3, -0.25) is 9.78 Å². The molecule has 1 aromatic rings. The van der Waals surface area contributed by atoms with Crippen LogP contribution in [0.4, 0.5) is 0 Å². The van der Waals surface area contributed by atoms with Gasteiger partial charge in [0.15, 0.2) is 0 Å². The second kappa shape index (κ2) is 6.54. The van der Waals surface area contributed by atoms with Crippen LogP contribution in [0.15, 0.2) is 24.4 Å². The lowest BCUT2D eigenvalue weighted by Gasteiger charge is -2.30. The fourth-order valence-electron chi connectivity index (χ4n) is 3.23. The molecule has 114 valence electrons. The zero-order chi connectivity index (χ0) is 14.7. The van der Waals surface area contributed by atoms with E-state index >= 15 is 0 Å². The summed E-state index contributed by atoms with van der Waals surface area (Å²) in [5, 5.41) is 2.98. The SMILES string of the molecule is CN1CC[C@H]2C[C@@H](C(=O)NCCc3ccccn3)O[C@H]2C1. The van der Waals surface area contributed by atoms with Crippen molar-refractivity contribution in [2.75, 3.05) is 26.7 Å². The van der Waals surface area contributed by atoms with Gasteiger partial charge in [-0.1, -0.05) is 6.07 Å². The Morgan fingerprint density at radius 2 is 2.43 bits per heavy atom. The number of likely N-dealkylation sites (N-methyl/N-ethyl adjacent to an activating group) is 1.